The van der Waals surface area contributed by atoms with Gasteiger partial charge < -0.3 is 0 Å². The fourth-order valence-electron chi connectivity index (χ4n) is 1.60. The molecule has 0 aliphatic rings. The normalized spacial score (nSPS) is 11.4. The lowest BCUT2D eigenvalue weighted by Gasteiger charge is -2.07. The maximum absolute atomic E-state index is 11.9. The summed E-state index contributed by atoms with van der Waals surface area (Å²) in [6.07, 6.45) is 0. The zero-order chi connectivity index (χ0) is 13.7. The predicted molar refractivity (Wildman–Crippen MR) is 75.6 cm³/mol. The van der Waals surface area contributed by atoms with E-state index in [1.54, 1.807) is 24.3 Å². The van der Waals surface area contributed by atoms with Crippen LogP contribution in [0.3, 0.4) is 0 Å². The number of sulfonamides is 1. The summed E-state index contributed by atoms with van der Waals surface area (Å²) in [5.74, 6) is -0.117. The lowest BCUT2D eigenvalue weighted by atomic mass is 10.2. The standard InChI is InChI=1S/C12H14N2O3S2/c15-14-11-4-1-3-10(7-11)9-19(16,17)13-8-12-5-2-6-18-12/h1-7,13-15H,8-9H2. The Morgan fingerprint density at radius 3 is 2.74 bits per heavy atom. The number of hydrogen-bond donors (Lipinski definition) is 3. The Hall–Kier alpha value is -1.41. The molecule has 2 aromatic rings. The van der Waals surface area contributed by atoms with Crippen LogP contribution in [0.4, 0.5) is 5.69 Å². The summed E-state index contributed by atoms with van der Waals surface area (Å²) in [7, 11) is -3.39. The largest absolute Gasteiger partial charge is 0.291 e. The second kappa shape index (κ2) is 6.16. The summed E-state index contributed by atoms with van der Waals surface area (Å²) in [6, 6.07) is 10.4. The molecule has 2 rings (SSSR count). The molecule has 1 heterocycles. The summed E-state index contributed by atoms with van der Waals surface area (Å²) in [4.78, 5) is 0.967. The van der Waals surface area contributed by atoms with E-state index in [2.05, 4.69) is 4.72 Å². The first kappa shape index (κ1) is 14.0. The fraction of sp³-hybridized carbons (Fsp3) is 0.167. The summed E-state index contributed by atoms with van der Waals surface area (Å²) in [5.41, 5.74) is 3.07. The van der Waals surface area contributed by atoms with Crippen molar-refractivity contribution in [3.05, 3.63) is 52.2 Å². The van der Waals surface area contributed by atoms with Crippen molar-refractivity contribution in [2.24, 2.45) is 0 Å². The zero-order valence-corrected chi connectivity index (χ0v) is 11.7. The van der Waals surface area contributed by atoms with Gasteiger partial charge in [-0.25, -0.2) is 13.1 Å². The van der Waals surface area contributed by atoms with Crippen LogP contribution in [0.2, 0.25) is 0 Å². The summed E-state index contributed by atoms with van der Waals surface area (Å²) in [5, 5.41) is 10.7. The van der Waals surface area contributed by atoms with E-state index >= 15 is 0 Å². The average Bonchev–Trinajstić information content (AvgIpc) is 2.89. The first-order valence-electron chi connectivity index (χ1n) is 5.58. The molecule has 3 N–H and O–H groups in total. The first-order valence-corrected chi connectivity index (χ1v) is 8.11. The Morgan fingerprint density at radius 2 is 2.05 bits per heavy atom. The van der Waals surface area contributed by atoms with Crippen molar-refractivity contribution in [2.45, 2.75) is 12.3 Å². The molecular weight excluding hydrogens is 284 g/mol. The van der Waals surface area contributed by atoms with Crippen molar-refractivity contribution in [2.75, 3.05) is 5.48 Å². The lowest BCUT2D eigenvalue weighted by molar-refractivity contribution is 0.389. The third-order valence-corrected chi connectivity index (χ3v) is 4.63. The number of anilines is 1. The molecule has 5 nitrogen and oxygen atoms in total. The van der Waals surface area contributed by atoms with Crippen molar-refractivity contribution in [3.8, 4) is 0 Å². The van der Waals surface area contributed by atoms with Crippen molar-refractivity contribution in [3.63, 3.8) is 0 Å². The van der Waals surface area contributed by atoms with Crippen molar-refractivity contribution in [1.29, 1.82) is 0 Å². The van der Waals surface area contributed by atoms with Crippen molar-refractivity contribution < 1.29 is 13.6 Å². The third-order valence-electron chi connectivity index (χ3n) is 2.46. The van der Waals surface area contributed by atoms with Gasteiger partial charge in [0.05, 0.1) is 11.4 Å². The van der Waals surface area contributed by atoms with Crippen LogP contribution in [0, 0.1) is 0 Å². The quantitative estimate of drug-likeness (QED) is 0.714. The molecular formula is C12H14N2O3S2. The Morgan fingerprint density at radius 1 is 1.21 bits per heavy atom. The molecule has 0 aliphatic carbocycles. The third kappa shape index (κ3) is 4.32. The van der Waals surface area contributed by atoms with Crippen molar-refractivity contribution in [1.82, 2.24) is 4.72 Å². The Kier molecular flexibility index (Phi) is 4.54. The van der Waals surface area contributed by atoms with Crippen molar-refractivity contribution >= 4 is 27.0 Å². The van der Waals surface area contributed by atoms with Gasteiger partial charge in [0.25, 0.3) is 0 Å². The van der Waals surface area contributed by atoms with Gasteiger partial charge in [0, 0.05) is 11.4 Å². The number of thiophene rings is 1. The topological polar surface area (TPSA) is 78.4 Å². The van der Waals surface area contributed by atoms with Gasteiger partial charge in [0.15, 0.2) is 0 Å². The molecule has 0 radical (unpaired) electrons. The van der Waals surface area contributed by atoms with E-state index in [0.29, 0.717) is 17.8 Å². The molecule has 19 heavy (non-hydrogen) atoms. The van der Waals surface area contributed by atoms with Gasteiger partial charge in [0.2, 0.25) is 10.0 Å². The highest BCUT2D eigenvalue weighted by atomic mass is 32.2. The molecule has 0 amide bonds. The van der Waals surface area contributed by atoms with Gasteiger partial charge in [-0.15, -0.1) is 11.3 Å². The minimum absolute atomic E-state index is 0.117. The number of benzene rings is 1. The van der Waals surface area contributed by atoms with Gasteiger partial charge in [-0.3, -0.25) is 10.7 Å². The molecule has 0 saturated carbocycles. The highest BCUT2D eigenvalue weighted by molar-refractivity contribution is 7.88. The van der Waals surface area contributed by atoms with Crippen LogP contribution in [0.1, 0.15) is 10.4 Å². The highest BCUT2D eigenvalue weighted by Crippen LogP contribution is 2.13. The van der Waals surface area contributed by atoms with Gasteiger partial charge in [0.1, 0.15) is 0 Å². The van der Waals surface area contributed by atoms with E-state index in [0.717, 1.165) is 4.88 Å². The zero-order valence-electron chi connectivity index (χ0n) is 10.0. The minimum Gasteiger partial charge on any atom is -0.291 e. The lowest BCUT2D eigenvalue weighted by Crippen LogP contribution is -2.24. The average molecular weight is 298 g/mol. The van der Waals surface area contributed by atoms with Gasteiger partial charge in [-0.05, 0) is 29.1 Å². The van der Waals surface area contributed by atoms with Crippen LogP contribution >= 0.6 is 11.3 Å². The molecule has 0 unspecified atom stereocenters. The monoisotopic (exact) mass is 298 g/mol. The van der Waals surface area contributed by atoms with Crippen LogP contribution < -0.4 is 10.2 Å². The van der Waals surface area contributed by atoms with E-state index in [1.807, 2.05) is 23.0 Å². The van der Waals surface area contributed by atoms with Crippen LogP contribution in [-0.4, -0.2) is 13.6 Å². The van der Waals surface area contributed by atoms with Crippen LogP contribution in [0.15, 0.2) is 41.8 Å². The molecule has 0 atom stereocenters. The summed E-state index contributed by atoms with van der Waals surface area (Å²) >= 11 is 1.51. The van der Waals surface area contributed by atoms with Crippen LogP contribution in [0.25, 0.3) is 0 Å². The Bertz CT molecular complexity index is 624. The molecule has 0 fully saturated rings. The fourth-order valence-corrected chi connectivity index (χ4v) is 3.43. The second-order valence-electron chi connectivity index (χ2n) is 3.97. The highest BCUT2D eigenvalue weighted by Gasteiger charge is 2.11. The molecule has 102 valence electrons. The predicted octanol–water partition coefficient (Wildman–Crippen LogP) is 2.17. The molecule has 0 bridgehead atoms. The van der Waals surface area contributed by atoms with Gasteiger partial charge in [-0.1, -0.05) is 18.2 Å². The number of hydrogen-bond acceptors (Lipinski definition) is 5. The SMILES string of the molecule is O=S(=O)(Cc1cccc(NO)c1)NCc1cccs1. The van der Waals surface area contributed by atoms with E-state index in [-0.39, 0.29) is 5.75 Å². The Balaban J connectivity index is 2.00. The maximum atomic E-state index is 11.9. The maximum Gasteiger partial charge on any atom is 0.216 e. The van der Waals surface area contributed by atoms with Crippen LogP contribution in [0.5, 0.6) is 0 Å². The van der Waals surface area contributed by atoms with E-state index in [9.17, 15) is 8.42 Å². The molecule has 0 spiro atoms. The van der Waals surface area contributed by atoms with Gasteiger partial charge in [-0.2, -0.15) is 0 Å². The minimum atomic E-state index is -3.39. The summed E-state index contributed by atoms with van der Waals surface area (Å²) < 4.78 is 26.4. The molecule has 0 saturated heterocycles. The van der Waals surface area contributed by atoms with Gasteiger partial charge >= 0.3 is 0 Å². The molecule has 1 aromatic carbocycles. The molecule has 0 aliphatic heterocycles. The second-order valence-corrected chi connectivity index (χ2v) is 6.81. The Labute approximate surface area is 115 Å². The van der Waals surface area contributed by atoms with Crippen LogP contribution in [-0.2, 0) is 22.3 Å². The molecule has 1 aromatic heterocycles. The van der Waals surface area contributed by atoms with E-state index in [1.165, 1.54) is 11.3 Å². The van der Waals surface area contributed by atoms with E-state index < -0.39 is 10.0 Å². The number of nitrogens with one attached hydrogen (secondary N) is 2. The number of rotatable bonds is 6. The summed E-state index contributed by atoms with van der Waals surface area (Å²) in [6.45, 7) is 0.304. The van der Waals surface area contributed by atoms with E-state index in [4.69, 9.17) is 5.21 Å². The first-order chi connectivity index (χ1) is 9.09. The smallest absolute Gasteiger partial charge is 0.216 e. The molecule has 7 heteroatoms.